The zero-order valence-electron chi connectivity index (χ0n) is 19.7. The molecule has 0 bridgehead atoms. The Bertz CT molecular complexity index is 1390. The molecule has 2 saturated heterocycles. The molecular formula is C25H27N7O4. The lowest BCUT2D eigenvalue weighted by molar-refractivity contribution is 0.0727. The highest BCUT2D eigenvalue weighted by Crippen LogP contribution is 2.36. The van der Waals surface area contributed by atoms with Crippen LogP contribution in [0, 0.1) is 5.92 Å². The first-order chi connectivity index (χ1) is 17.7. The molecule has 0 spiro atoms. The molecule has 2 atom stereocenters. The van der Waals surface area contributed by atoms with E-state index in [9.17, 15) is 0 Å². The molecule has 3 aromatic heterocycles. The second-order valence-corrected chi connectivity index (χ2v) is 9.53. The van der Waals surface area contributed by atoms with Crippen molar-refractivity contribution < 1.29 is 18.6 Å². The van der Waals surface area contributed by atoms with Crippen LogP contribution in [0.3, 0.4) is 0 Å². The lowest BCUT2D eigenvalue weighted by Gasteiger charge is -2.46. The average Bonchev–Trinajstić information content (AvgIpc) is 3.67. The predicted molar refractivity (Wildman–Crippen MR) is 131 cm³/mol. The molecule has 2 fully saturated rings. The third-order valence-corrected chi connectivity index (χ3v) is 7.23. The van der Waals surface area contributed by atoms with E-state index in [2.05, 4.69) is 19.9 Å². The summed E-state index contributed by atoms with van der Waals surface area (Å²) >= 11 is 0. The largest absolute Gasteiger partial charge is 0.493 e. The van der Waals surface area contributed by atoms with E-state index in [-0.39, 0.29) is 6.79 Å². The molecule has 0 aliphatic carbocycles. The Balaban J connectivity index is 0.993. The van der Waals surface area contributed by atoms with Crippen molar-refractivity contribution in [3.05, 3.63) is 42.7 Å². The number of piperazine rings is 1. The van der Waals surface area contributed by atoms with E-state index >= 15 is 0 Å². The highest BCUT2D eigenvalue weighted by atomic mass is 16.7. The molecule has 36 heavy (non-hydrogen) atoms. The molecule has 0 saturated carbocycles. The number of nitrogens with zero attached hydrogens (tertiary/aromatic N) is 6. The van der Waals surface area contributed by atoms with Crippen molar-refractivity contribution in [1.29, 1.82) is 0 Å². The molecule has 6 heterocycles. The van der Waals surface area contributed by atoms with E-state index in [4.69, 9.17) is 29.3 Å². The molecule has 11 heteroatoms. The molecule has 3 aliphatic heterocycles. The number of furan rings is 1. The minimum Gasteiger partial charge on any atom is -0.493 e. The Labute approximate surface area is 207 Å². The van der Waals surface area contributed by atoms with Gasteiger partial charge in [-0.2, -0.15) is 14.5 Å². The second kappa shape index (κ2) is 8.59. The number of aromatic nitrogens is 4. The molecule has 0 radical (unpaired) electrons. The molecule has 4 aromatic rings. The SMILES string of the molecule is Nc1cc(N2CCN3CC(COc4ccc5c(c4)OCO5)CCC3C2)nc2nc(-c3ccco3)nn12. The fourth-order valence-electron chi connectivity index (χ4n) is 5.33. The number of nitrogen functional groups attached to an aromatic ring is 1. The molecule has 1 aromatic carbocycles. The van der Waals surface area contributed by atoms with E-state index in [0.29, 0.717) is 41.7 Å². The number of piperidine rings is 1. The first-order valence-corrected chi connectivity index (χ1v) is 12.3. The van der Waals surface area contributed by atoms with Gasteiger partial charge in [0.1, 0.15) is 17.4 Å². The van der Waals surface area contributed by atoms with Gasteiger partial charge in [0.15, 0.2) is 17.3 Å². The topological polar surface area (TPSA) is 116 Å². The van der Waals surface area contributed by atoms with Gasteiger partial charge in [0.2, 0.25) is 12.6 Å². The number of nitrogens with two attached hydrogens (primary N) is 1. The van der Waals surface area contributed by atoms with Gasteiger partial charge in [-0.3, -0.25) is 4.90 Å². The van der Waals surface area contributed by atoms with Gasteiger partial charge < -0.3 is 29.3 Å². The third-order valence-electron chi connectivity index (χ3n) is 7.23. The maximum absolute atomic E-state index is 6.32. The van der Waals surface area contributed by atoms with Crippen LogP contribution in [0.2, 0.25) is 0 Å². The van der Waals surface area contributed by atoms with Crippen molar-refractivity contribution in [1.82, 2.24) is 24.5 Å². The van der Waals surface area contributed by atoms with Gasteiger partial charge in [0.25, 0.3) is 5.78 Å². The fourth-order valence-corrected chi connectivity index (χ4v) is 5.33. The Hall–Kier alpha value is -3.99. The number of hydrogen-bond acceptors (Lipinski definition) is 10. The Morgan fingerprint density at radius 2 is 1.97 bits per heavy atom. The zero-order chi connectivity index (χ0) is 24.1. The lowest BCUT2D eigenvalue weighted by Crippen LogP contribution is -2.57. The standard InChI is InChI=1S/C25H27N7O4/c26-22-11-23(27-25-28-24(29-32(22)25)20-2-1-9-33-20)31-8-7-30-12-16(3-4-17(30)13-31)14-34-18-5-6-19-21(10-18)36-15-35-19/h1-2,5-6,9-11,16-17H,3-4,7-8,12-15,26H2. The Morgan fingerprint density at radius 1 is 1.03 bits per heavy atom. The number of fused-ring (bicyclic) bond motifs is 3. The molecular weight excluding hydrogens is 462 g/mol. The van der Waals surface area contributed by atoms with Gasteiger partial charge in [0, 0.05) is 50.3 Å². The van der Waals surface area contributed by atoms with E-state index in [0.717, 1.165) is 62.1 Å². The molecule has 0 amide bonds. The van der Waals surface area contributed by atoms with Crippen molar-refractivity contribution in [2.75, 3.05) is 50.2 Å². The monoisotopic (exact) mass is 489 g/mol. The molecule has 2 unspecified atom stereocenters. The highest BCUT2D eigenvalue weighted by Gasteiger charge is 2.34. The number of benzene rings is 1. The van der Waals surface area contributed by atoms with Gasteiger partial charge in [-0.25, -0.2) is 0 Å². The van der Waals surface area contributed by atoms with Crippen molar-refractivity contribution in [3.8, 4) is 28.8 Å². The van der Waals surface area contributed by atoms with Crippen molar-refractivity contribution in [2.24, 2.45) is 5.92 Å². The summed E-state index contributed by atoms with van der Waals surface area (Å²) in [6.07, 6.45) is 3.85. The van der Waals surface area contributed by atoms with Crippen LogP contribution < -0.4 is 24.8 Å². The van der Waals surface area contributed by atoms with Crippen LogP contribution in [0.5, 0.6) is 17.2 Å². The summed E-state index contributed by atoms with van der Waals surface area (Å²) in [5.41, 5.74) is 6.32. The summed E-state index contributed by atoms with van der Waals surface area (Å²) in [5.74, 6) is 5.74. The zero-order valence-corrected chi connectivity index (χ0v) is 19.7. The Morgan fingerprint density at radius 3 is 2.89 bits per heavy atom. The van der Waals surface area contributed by atoms with Gasteiger partial charge in [-0.15, -0.1) is 5.10 Å². The lowest BCUT2D eigenvalue weighted by atomic mass is 9.91. The van der Waals surface area contributed by atoms with Crippen LogP contribution >= 0.6 is 0 Å². The summed E-state index contributed by atoms with van der Waals surface area (Å²) in [4.78, 5) is 14.2. The van der Waals surface area contributed by atoms with Gasteiger partial charge >= 0.3 is 0 Å². The van der Waals surface area contributed by atoms with Crippen LogP contribution in [0.15, 0.2) is 47.1 Å². The van der Waals surface area contributed by atoms with Crippen LogP contribution in [-0.4, -0.2) is 70.1 Å². The molecule has 186 valence electrons. The average molecular weight is 490 g/mol. The van der Waals surface area contributed by atoms with E-state index < -0.39 is 0 Å². The number of hydrogen-bond donors (Lipinski definition) is 1. The first kappa shape index (κ1) is 21.3. The van der Waals surface area contributed by atoms with Crippen LogP contribution in [-0.2, 0) is 0 Å². The summed E-state index contributed by atoms with van der Waals surface area (Å²) in [6.45, 7) is 4.78. The minimum absolute atomic E-state index is 0.274. The van der Waals surface area contributed by atoms with Gasteiger partial charge in [0.05, 0.1) is 12.9 Å². The number of ether oxygens (including phenoxy) is 3. The summed E-state index contributed by atoms with van der Waals surface area (Å²) < 4.78 is 23.9. The normalized spacial score (nSPS) is 21.6. The van der Waals surface area contributed by atoms with Crippen molar-refractivity contribution in [2.45, 2.75) is 18.9 Å². The van der Waals surface area contributed by atoms with Crippen LogP contribution in [0.25, 0.3) is 17.4 Å². The Kier molecular flexibility index (Phi) is 5.09. The van der Waals surface area contributed by atoms with Gasteiger partial charge in [-0.1, -0.05) is 0 Å². The highest BCUT2D eigenvalue weighted by molar-refractivity contribution is 5.57. The number of rotatable bonds is 5. The van der Waals surface area contributed by atoms with E-state index in [1.54, 1.807) is 16.8 Å². The maximum atomic E-state index is 6.32. The van der Waals surface area contributed by atoms with E-state index in [1.807, 2.05) is 30.3 Å². The quantitative estimate of drug-likeness (QED) is 0.448. The van der Waals surface area contributed by atoms with Crippen LogP contribution in [0.1, 0.15) is 12.8 Å². The molecule has 11 nitrogen and oxygen atoms in total. The van der Waals surface area contributed by atoms with Gasteiger partial charge in [-0.05, 0) is 37.1 Å². The predicted octanol–water partition coefficient (Wildman–Crippen LogP) is 2.67. The van der Waals surface area contributed by atoms with Crippen LogP contribution in [0.4, 0.5) is 11.6 Å². The maximum Gasteiger partial charge on any atom is 0.256 e. The summed E-state index contributed by atoms with van der Waals surface area (Å²) in [7, 11) is 0. The summed E-state index contributed by atoms with van der Waals surface area (Å²) in [5, 5.41) is 4.44. The van der Waals surface area contributed by atoms with Crippen molar-refractivity contribution >= 4 is 17.4 Å². The summed E-state index contributed by atoms with van der Waals surface area (Å²) in [6, 6.07) is 11.8. The first-order valence-electron chi connectivity index (χ1n) is 12.3. The molecule has 7 rings (SSSR count). The molecule has 3 aliphatic rings. The fraction of sp³-hybridized carbons (Fsp3) is 0.400. The van der Waals surface area contributed by atoms with Crippen molar-refractivity contribution in [3.63, 3.8) is 0 Å². The third kappa shape index (κ3) is 3.85. The smallest absolute Gasteiger partial charge is 0.256 e. The molecule has 2 N–H and O–H groups in total. The second-order valence-electron chi connectivity index (χ2n) is 9.53. The number of anilines is 2. The van der Waals surface area contributed by atoms with E-state index in [1.165, 1.54) is 0 Å². The minimum atomic E-state index is 0.274.